The Morgan fingerprint density at radius 2 is 1.68 bits per heavy atom. The molecule has 0 heterocycles. The Morgan fingerprint density at radius 3 is 2.32 bits per heavy atom. The molecule has 0 aliphatic rings. The van der Waals surface area contributed by atoms with Crippen LogP contribution >= 0.6 is 0 Å². The summed E-state index contributed by atoms with van der Waals surface area (Å²) in [6, 6.07) is 11.4. The number of alkyl halides is 3. The summed E-state index contributed by atoms with van der Waals surface area (Å²) < 4.78 is 44.1. The zero-order valence-electron chi connectivity index (χ0n) is 15.3. The summed E-state index contributed by atoms with van der Waals surface area (Å²) in [4.78, 5) is 24.0. The van der Waals surface area contributed by atoms with Crippen LogP contribution in [0.4, 0.5) is 18.9 Å². The maximum absolute atomic E-state index is 12.9. The molecule has 8 heteroatoms. The van der Waals surface area contributed by atoms with Crippen LogP contribution in [0.2, 0.25) is 0 Å². The molecule has 2 aromatic carbocycles. The second kappa shape index (κ2) is 9.77. The van der Waals surface area contributed by atoms with Gasteiger partial charge in [0.25, 0.3) is 0 Å². The maximum atomic E-state index is 12.9. The number of hydrazine groups is 1. The summed E-state index contributed by atoms with van der Waals surface area (Å²) in [6.07, 6.45) is -3.90. The number of hydrogen-bond acceptors (Lipinski definition) is 4. The van der Waals surface area contributed by atoms with Gasteiger partial charge in [0.15, 0.2) is 5.78 Å². The van der Waals surface area contributed by atoms with Crippen LogP contribution in [0.25, 0.3) is 0 Å². The molecule has 150 valence electrons. The number of ketones is 1. The van der Waals surface area contributed by atoms with E-state index in [1.807, 2.05) is 6.92 Å². The quantitative estimate of drug-likeness (QED) is 0.482. The van der Waals surface area contributed by atoms with Gasteiger partial charge < -0.3 is 4.74 Å². The van der Waals surface area contributed by atoms with Gasteiger partial charge in [-0.25, -0.2) is 0 Å². The van der Waals surface area contributed by atoms with Crippen molar-refractivity contribution < 1.29 is 27.5 Å². The number of benzene rings is 2. The molecule has 0 atom stereocenters. The van der Waals surface area contributed by atoms with Gasteiger partial charge in [0, 0.05) is 18.4 Å². The van der Waals surface area contributed by atoms with Crippen LogP contribution in [-0.2, 0) is 11.0 Å². The van der Waals surface area contributed by atoms with Crippen molar-refractivity contribution in [3.8, 4) is 5.75 Å². The summed E-state index contributed by atoms with van der Waals surface area (Å²) in [5, 5.41) is 0. The van der Waals surface area contributed by atoms with Gasteiger partial charge >= 0.3 is 6.18 Å². The average molecular weight is 394 g/mol. The van der Waals surface area contributed by atoms with Gasteiger partial charge in [0.05, 0.1) is 17.9 Å². The molecule has 2 N–H and O–H groups in total. The third-order valence-electron chi connectivity index (χ3n) is 3.80. The summed E-state index contributed by atoms with van der Waals surface area (Å²) in [7, 11) is 0. The van der Waals surface area contributed by atoms with Gasteiger partial charge in [0.1, 0.15) is 5.75 Å². The predicted octanol–water partition coefficient (Wildman–Crippen LogP) is 4.60. The monoisotopic (exact) mass is 394 g/mol. The lowest BCUT2D eigenvalue weighted by Crippen LogP contribution is -2.30. The number of nitrogens with one attached hydrogen (secondary N) is 2. The molecule has 2 aromatic rings. The van der Waals surface area contributed by atoms with E-state index in [4.69, 9.17) is 4.74 Å². The van der Waals surface area contributed by atoms with Crippen molar-refractivity contribution in [2.45, 2.75) is 32.4 Å². The first-order chi connectivity index (χ1) is 13.3. The minimum atomic E-state index is -4.54. The van der Waals surface area contributed by atoms with Crippen molar-refractivity contribution in [2.24, 2.45) is 0 Å². The standard InChI is InChI=1S/C20H21F3N2O3/c1-2-13-28-15-9-7-14(8-10-15)18(26)11-12-19(27)25-24-17-6-4-3-5-16(17)20(21,22)23/h3-10,24H,2,11-13H2,1H3,(H,25,27). The van der Waals surface area contributed by atoms with Crippen LogP contribution in [0.3, 0.4) is 0 Å². The number of hydrogen-bond donors (Lipinski definition) is 2. The normalized spacial score (nSPS) is 11.0. The third-order valence-corrected chi connectivity index (χ3v) is 3.80. The van der Waals surface area contributed by atoms with Crippen LogP contribution in [-0.4, -0.2) is 18.3 Å². The number of carbonyl (C=O) groups is 2. The molecular formula is C20H21F3N2O3. The Balaban J connectivity index is 1.83. The molecule has 0 saturated carbocycles. The van der Waals surface area contributed by atoms with E-state index in [0.29, 0.717) is 17.9 Å². The zero-order valence-corrected chi connectivity index (χ0v) is 15.3. The lowest BCUT2D eigenvalue weighted by atomic mass is 10.1. The molecule has 0 aliphatic heterocycles. The third kappa shape index (κ3) is 6.29. The van der Waals surface area contributed by atoms with Crippen molar-refractivity contribution in [3.05, 3.63) is 59.7 Å². The topological polar surface area (TPSA) is 67.4 Å². The van der Waals surface area contributed by atoms with Gasteiger partial charge in [-0.2, -0.15) is 13.2 Å². The highest BCUT2D eigenvalue weighted by molar-refractivity contribution is 5.98. The molecule has 0 unspecified atom stereocenters. The SMILES string of the molecule is CCCOc1ccc(C(=O)CCC(=O)NNc2ccccc2C(F)(F)F)cc1. The van der Waals surface area contributed by atoms with Crippen molar-refractivity contribution >= 4 is 17.4 Å². The van der Waals surface area contributed by atoms with E-state index in [0.717, 1.165) is 12.5 Å². The summed E-state index contributed by atoms with van der Waals surface area (Å²) in [6.45, 7) is 2.57. The minimum absolute atomic E-state index is 0.0659. The molecule has 28 heavy (non-hydrogen) atoms. The highest BCUT2D eigenvalue weighted by Gasteiger charge is 2.33. The smallest absolute Gasteiger partial charge is 0.418 e. The molecule has 0 aliphatic carbocycles. The molecule has 2 rings (SSSR count). The number of halogens is 3. The van der Waals surface area contributed by atoms with Crippen LogP contribution in [0, 0.1) is 0 Å². The van der Waals surface area contributed by atoms with Crippen LogP contribution < -0.4 is 15.6 Å². The molecule has 0 fully saturated rings. The van der Waals surface area contributed by atoms with Crippen LogP contribution in [0.1, 0.15) is 42.1 Å². The molecule has 0 radical (unpaired) electrons. The Kier molecular flexibility index (Phi) is 7.43. The first kappa shape index (κ1) is 21.3. The summed E-state index contributed by atoms with van der Waals surface area (Å²) in [5.41, 5.74) is 3.73. The van der Waals surface area contributed by atoms with E-state index in [-0.39, 0.29) is 24.3 Å². The molecule has 0 spiro atoms. The Hall–Kier alpha value is -3.03. The fourth-order valence-electron chi connectivity index (χ4n) is 2.37. The number of anilines is 1. The van der Waals surface area contributed by atoms with E-state index in [1.54, 1.807) is 24.3 Å². The number of carbonyl (C=O) groups excluding carboxylic acids is 2. The average Bonchev–Trinajstić information content (AvgIpc) is 2.68. The molecule has 0 saturated heterocycles. The highest BCUT2D eigenvalue weighted by atomic mass is 19.4. The van der Waals surface area contributed by atoms with Crippen molar-refractivity contribution in [1.29, 1.82) is 0 Å². The summed E-state index contributed by atoms with van der Waals surface area (Å²) in [5.74, 6) is -0.176. The van der Waals surface area contributed by atoms with Crippen molar-refractivity contribution in [2.75, 3.05) is 12.0 Å². The lowest BCUT2D eigenvalue weighted by molar-refractivity contribution is -0.137. The minimum Gasteiger partial charge on any atom is -0.494 e. The number of amides is 1. The summed E-state index contributed by atoms with van der Waals surface area (Å²) >= 11 is 0. The lowest BCUT2D eigenvalue weighted by Gasteiger charge is -2.14. The van der Waals surface area contributed by atoms with E-state index in [9.17, 15) is 22.8 Å². The Morgan fingerprint density at radius 1 is 1.00 bits per heavy atom. The van der Waals surface area contributed by atoms with Crippen LogP contribution in [0.5, 0.6) is 5.75 Å². The molecule has 0 aromatic heterocycles. The Labute approximate surface area is 160 Å². The number of para-hydroxylation sites is 1. The largest absolute Gasteiger partial charge is 0.494 e. The number of rotatable bonds is 9. The predicted molar refractivity (Wildman–Crippen MR) is 99.0 cm³/mol. The second-order valence-corrected chi connectivity index (χ2v) is 6.01. The van der Waals surface area contributed by atoms with Crippen LogP contribution in [0.15, 0.2) is 48.5 Å². The van der Waals surface area contributed by atoms with Crippen molar-refractivity contribution in [3.63, 3.8) is 0 Å². The van der Waals surface area contributed by atoms with E-state index >= 15 is 0 Å². The first-order valence-corrected chi connectivity index (χ1v) is 8.78. The highest BCUT2D eigenvalue weighted by Crippen LogP contribution is 2.34. The van der Waals surface area contributed by atoms with E-state index < -0.39 is 17.6 Å². The van der Waals surface area contributed by atoms with E-state index in [2.05, 4.69) is 10.9 Å². The Bertz CT molecular complexity index is 805. The number of ether oxygens (including phenoxy) is 1. The molecular weight excluding hydrogens is 373 g/mol. The van der Waals surface area contributed by atoms with Gasteiger partial charge in [0.2, 0.25) is 5.91 Å². The zero-order chi connectivity index (χ0) is 20.6. The second-order valence-electron chi connectivity index (χ2n) is 6.01. The molecule has 1 amide bonds. The van der Waals surface area contributed by atoms with Gasteiger partial charge in [-0.1, -0.05) is 19.1 Å². The number of Topliss-reactive ketones (excluding diaryl/α,β-unsaturated/α-hetero) is 1. The van der Waals surface area contributed by atoms with Gasteiger partial charge in [-0.15, -0.1) is 0 Å². The fraction of sp³-hybridized carbons (Fsp3) is 0.300. The molecule has 0 bridgehead atoms. The molecule has 5 nitrogen and oxygen atoms in total. The maximum Gasteiger partial charge on any atom is 0.418 e. The fourth-order valence-corrected chi connectivity index (χ4v) is 2.37. The van der Waals surface area contributed by atoms with E-state index in [1.165, 1.54) is 18.2 Å². The first-order valence-electron chi connectivity index (χ1n) is 8.78. The van der Waals surface area contributed by atoms with Gasteiger partial charge in [-0.05, 0) is 42.8 Å². The van der Waals surface area contributed by atoms with Gasteiger partial charge in [-0.3, -0.25) is 20.4 Å². The van der Waals surface area contributed by atoms with Crippen molar-refractivity contribution in [1.82, 2.24) is 5.43 Å².